The van der Waals surface area contributed by atoms with Gasteiger partial charge in [-0.2, -0.15) is 0 Å². The van der Waals surface area contributed by atoms with Crippen molar-refractivity contribution in [3.8, 4) is 16.9 Å². The number of phenolic OH excluding ortho intramolecular Hbond substituents is 1. The molecule has 0 spiro atoms. The lowest BCUT2D eigenvalue weighted by Gasteiger charge is -2.17. The molecule has 0 radical (unpaired) electrons. The van der Waals surface area contributed by atoms with Gasteiger partial charge in [-0.1, -0.05) is 56.3 Å². The summed E-state index contributed by atoms with van der Waals surface area (Å²) >= 11 is 0. The average molecular weight is 459 g/mol. The van der Waals surface area contributed by atoms with E-state index in [9.17, 15) is 19.8 Å². The lowest BCUT2D eigenvalue weighted by molar-refractivity contribution is -0.146. The normalized spacial score (nSPS) is 11.7. The number of aromatic hydroxyl groups is 1. The third kappa shape index (κ3) is 6.10. The number of hydrogen-bond donors (Lipinski definition) is 3. The maximum absolute atomic E-state index is 12.4. The molecule has 0 atom stereocenters. The highest BCUT2D eigenvalue weighted by Gasteiger charge is 2.30. The summed E-state index contributed by atoms with van der Waals surface area (Å²) in [4.78, 5) is 28.0. The van der Waals surface area contributed by atoms with Crippen LogP contribution < -0.4 is 5.32 Å². The number of nitrogens with zero attached hydrogens (tertiary/aromatic N) is 1. The molecule has 6 nitrogen and oxygen atoms in total. The molecular formula is C28H30N2O4. The number of aliphatic imine (C=N–C) groups is 1. The van der Waals surface area contributed by atoms with Crippen molar-refractivity contribution >= 4 is 29.5 Å². The van der Waals surface area contributed by atoms with Gasteiger partial charge in [0.2, 0.25) is 0 Å². The van der Waals surface area contributed by atoms with Crippen LogP contribution in [0.15, 0.2) is 71.7 Å². The first-order chi connectivity index (χ1) is 16.1. The van der Waals surface area contributed by atoms with E-state index in [0.717, 1.165) is 22.4 Å². The van der Waals surface area contributed by atoms with Gasteiger partial charge in [0.05, 0.1) is 11.8 Å². The molecule has 6 heteroatoms. The van der Waals surface area contributed by atoms with Crippen LogP contribution in [-0.4, -0.2) is 28.3 Å². The summed E-state index contributed by atoms with van der Waals surface area (Å²) in [7, 11) is 0. The molecule has 0 amide bonds. The lowest BCUT2D eigenvalue weighted by atomic mass is 9.85. The number of anilines is 1. The number of carbonyl (C=O) groups is 2. The Balaban J connectivity index is 1.65. The maximum atomic E-state index is 12.4. The van der Waals surface area contributed by atoms with Crippen molar-refractivity contribution in [2.24, 2.45) is 10.4 Å². The summed E-state index contributed by atoms with van der Waals surface area (Å²) in [5, 5.41) is 22.4. The van der Waals surface area contributed by atoms with Crippen molar-refractivity contribution in [2.75, 3.05) is 5.32 Å². The molecule has 0 unspecified atom stereocenters. The fourth-order valence-electron chi connectivity index (χ4n) is 3.37. The fourth-order valence-corrected chi connectivity index (χ4v) is 3.37. The van der Waals surface area contributed by atoms with E-state index in [-0.39, 0.29) is 18.0 Å². The first-order valence-electron chi connectivity index (χ1n) is 11.2. The Morgan fingerprint density at radius 3 is 2.12 bits per heavy atom. The van der Waals surface area contributed by atoms with E-state index in [0.29, 0.717) is 17.2 Å². The fraction of sp³-hybridized carbons (Fsp3) is 0.250. The van der Waals surface area contributed by atoms with Crippen LogP contribution in [0.4, 0.5) is 11.4 Å². The van der Waals surface area contributed by atoms with E-state index in [1.807, 2.05) is 48.5 Å². The molecule has 176 valence electrons. The van der Waals surface area contributed by atoms with Crippen LogP contribution in [0.25, 0.3) is 11.1 Å². The van der Waals surface area contributed by atoms with Crippen molar-refractivity contribution in [3.63, 3.8) is 0 Å². The number of ketones is 1. The predicted molar refractivity (Wildman–Crippen MR) is 136 cm³/mol. The molecule has 34 heavy (non-hydrogen) atoms. The molecule has 0 aliphatic carbocycles. The van der Waals surface area contributed by atoms with E-state index < -0.39 is 11.4 Å². The van der Waals surface area contributed by atoms with Crippen molar-refractivity contribution in [2.45, 2.75) is 40.0 Å². The van der Waals surface area contributed by atoms with E-state index in [1.165, 1.54) is 0 Å². The highest BCUT2D eigenvalue weighted by molar-refractivity contribution is 5.99. The minimum Gasteiger partial charge on any atom is -0.506 e. The number of carbonyl (C=O) groups excluding carboxylic acids is 1. The van der Waals surface area contributed by atoms with Crippen LogP contribution in [0, 0.1) is 5.41 Å². The zero-order valence-electron chi connectivity index (χ0n) is 19.9. The number of phenols is 1. The number of benzene rings is 3. The van der Waals surface area contributed by atoms with Gasteiger partial charge in [-0.25, -0.2) is 4.99 Å². The minimum absolute atomic E-state index is 0.0524. The zero-order valence-corrected chi connectivity index (χ0v) is 19.9. The topological polar surface area (TPSA) is 99.0 Å². The summed E-state index contributed by atoms with van der Waals surface area (Å²) in [6.45, 7) is 7.28. The number of hydrogen-bond acceptors (Lipinski definition) is 4. The number of carboxylic acids is 1. The zero-order chi connectivity index (χ0) is 24.9. The number of carboxylic acid groups (broad SMARTS) is 1. The summed E-state index contributed by atoms with van der Waals surface area (Å²) in [6, 6.07) is 20.3. The van der Waals surface area contributed by atoms with Gasteiger partial charge in [-0.3, -0.25) is 9.59 Å². The first kappa shape index (κ1) is 24.7. The second-order valence-electron chi connectivity index (χ2n) is 9.25. The van der Waals surface area contributed by atoms with E-state index in [1.54, 1.807) is 38.4 Å². The number of Topliss-reactive ketones (excluding diaryl/α,β-unsaturated/α-hetero) is 1. The predicted octanol–water partition coefficient (Wildman–Crippen LogP) is 6.64. The Morgan fingerprint density at radius 2 is 1.56 bits per heavy atom. The third-order valence-electron chi connectivity index (χ3n) is 5.71. The summed E-state index contributed by atoms with van der Waals surface area (Å²) < 4.78 is 0. The Kier molecular flexibility index (Phi) is 7.51. The maximum Gasteiger partial charge on any atom is 0.309 e. The molecule has 0 saturated carbocycles. The third-order valence-corrected chi connectivity index (χ3v) is 5.71. The second-order valence-corrected chi connectivity index (χ2v) is 9.25. The van der Waals surface area contributed by atoms with Gasteiger partial charge >= 0.3 is 5.97 Å². The second kappa shape index (κ2) is 10.3. The molecular weight excluding hydrogens is 428 g/mol. The van der Waals surface area contributed by atoms with Crippen LogP contribution in [0.2, 0.25) is 0 Å². The smallest absolute Gasteiger partial charge is 0.309 e. The van der Waals surface area contributed by atoms with E-state index >= 15 is 0 Å². The van der Waals surface area contributed by atoms with Crippen LogP contribution in [0.3, 0.4) is 0 Å². The number of nitrogens with one attached hydrogen (secondary N) is 1. The highest BCUT2D eigenvalue weighted by Crippen LogP contribution is 2.30. The molecule has 3 aromatic carbocycles. The Labute approximate surface area is 200 Å². The number of aliphatic carboxylic acids is 1. The van der Waals surface area contributed by atoms with Gasteiger partial charge in [0.25, 0.3) is 0 Å². The molecule has 0 heterocycles. The molecule has 0 aromatic heterocycles. The quantitative estimate of drug-likeness (QED) is 0.190. The van der Waals surface area contributed by atoms with Gasteiger partial charge in [-0.05, 0) is 60.7 Å². The minimum atomic E-state index is -1.10. The van der Waals surface area contributed by atoms with Crippen LogP contribution in [0.5, 0.6) is 5.75 Å². The van der Waals surface area contributed by atoms with Gasteiger partial charge in [0.15, 0.2) is 5.78 Å². The molecule has 3 rings (SSSR count). The number of rotatable bonds is 9. The van der Waals surface area contributed by atoms with Crippen LogP contribution in [-0.2, 0) is 4.79 Å². The molecule has 0 fully saturated rings. The molecule has 3 N–H and O–H groups in total. The average Bonchev–Trinajstić information content (AvgIpc) is 2.80. The van der Waals surface area contributed by atoms with Crippen LogP contribution >= 0.6 is 0 Å². The van der Waals surface area contributed by atoms with Crippen molar-refractivity contribution in [3.05, 3.63) is 77.9 Å². The molecule has 0 aliphatic heterocycles. The molecule has 0 aliphatic rings. The van der Waals surface area contributed by atoms with Gasteiger partial charge in [0.1, 0.15) is 11.4 Å². The van der Waals surface area contributed by atoms with Crippen molar-refractivity contribution in [1.82, 2.24) is 0 Å². The Hall–Kier alpha value is -3.93. The van der Waals surface area contributed by atoms with E-state index in [2.05, 4.69) is 24.2 Å². The largest absolute Gasteiger partial charge is 0.506 e. The standard InChI is InChI=1S/C28H30N2O4/c1-18(2)22-11-14-25(31)24(15-22)30-17-29-23-12-9-20(10-13-23)19-5-7-21(8-6-19)26(32)16-28(3,4)27(33)34/h5-15,17-18,31H,16H2,1-4H3,(H,29,30)(H,33,34). The van der Waals surface area contributed by atoms with Crippen LogP contribution in [0.1, 0.15) is 56.0 Å². The van der Waals surface area contributed by atoms with Gasteiger partial charge in [0, 0.05) is 17.7 Å². The Morgan fingerprint density at radius 1 is 0.971 bits per heavy atom. The monoisotopic (exact) mass is 458 g/mol. The lowest BCUT2D eigenvalue weighted by Crippen LogP contribution is -2.26. The van der Waals surface area contributed by atoms with Gasteiger partial charge in [-0.15, -0.1) is 0 Å². The van der Waals surface area contributed by atoms with Crippen molar-refractivity contribution in [1.29, 1.82) is 0 Å². The summed E-state index contributed by atoms with van der Waals surface area (Å²) in [6.07, 6.45) is 1.50. The van der Waals surface area contributed by atoms with E-state index in [4.69, 9.17) is 0 Å². The summed E-state index contributed by atoms with van der Waals surface area (Å²) in [5.74, 6) is -0.704. The molecule has 0 bridgehead atoms. The summed E-state index contributed by atoms with van der Waals surface area (Å²) in [5.41, 5.74) is 3.79. The SMILES string of the molecule is CC(C)c1ccc(O)c(N=CNc2ccc(-c3ccc(C(=O)CC(C)(C)C(=O)O)cc3)cc2)c1. The van der Waals surface area contributed by atoms with Gasteiger partial charge < -0.3 is 15.5 Å². The highest BCUT2D eigenvalue weighted by atomic mass is 16.4. The Bertz CT molecular complexity index is 1190. The molecule has 3 aromatic rings. The van der Waals surface area contributed by atoms with Crippen molar-refractivity contribution < 1.29 is 19.8 Å². The first-order valence-corrected chi connectivity index (χ1v) is 11.2. The molecule has 0 saturated heterocycles.